The molecule has 4 N–H and O–H groups in total. The van der Waals surface area contributed by atoms with Crippen molar-refractivity contribution in [1.82, 2.24) is 4.57 Å². The van der Waals surface area contributed by atoms with Crippen molar-refractivity contribution in [3.05, 3.63) is 96.4 Å². The molecule has 6 nitrogen and oxygen atoms in total. The molecule has 1 amide bonds. The SMILES string of the molecule is N#CC1=C(N)n2c(s/c(=C/c3ccc(F)cc3)c2=O)=C(C(N)=O)C1c1ccc(F)cc1. The third-order valence-electron chi connectivity index (χ3n) is 4.91. The van der Waals surface area contributed by atoms with E-state index in [1.807, 2.05) is 6.07 Å². The molecule has 0 aliphatic carbocycles. The summed E-state index contributed by atoms with van der Waals surface area (Å²) < 4.78 is 28.1. The Hall–Kier alpha value is -4.03. The van der Waals surface area contributed by atoms with Crippen LogP contribution in [0.2, 0.25) is 0 Å². The largest absolute Gasteiger partial charge is 0.384 e. The van der Waals surface area contributed by atoms with Crippen molar-refractivity contribution in [2.45, 2.75) is 5.92 Å². The number of hydrogen-bond acceptors (Lipinski definition) is 5. The summed E-state index contributed by atoms with van der Waals surface area (Å²) in [5.74, 6) is -2.81. The molecule has 2 heterocycles. The topological polar surface area (TPSA) is 115 Å². The van der Waals surface area contributed by atoms with Gasteiger partial charge in [0.15, 0.2) is 0 Å². The second-order valence-electron chi connectivity index (χ2n) is 6.78. The zero-order valence-electron chi connectivity index (χ0n) is 15.8. The fraction of sp³-hybridized carbons (Fsp3) is 0.0455. The van der Waals surface area contributed by atoms with Crippen LogP contribution in [0.25, 0.3) is 17.5 Å². The number of nitriles is 1. The van der Waals surface area contributed by atoms with Crippen LogP contribution < -0.4 is 26.2 Å². The van der Waals surface area contributed by atoms with Crippen LogP contribution in [0.15, 0.2) is 58.9 Å². The van der Waals surface area contributed by atoms with Gasteiger partial charge in [0.1, 0.15) is 22.1 Å². The fourth-order valence-electron chi connectivity index (χ4n) is 3.49. The molecule has 1 unspecified atom stereocenters. The summed E-state index contributed by atoms with van der Waals surface area (Å²) in [7, 11) is 0. The third kappa shape index (κ3) is 3.43. The molecule has 1 aliphatic rings. The number of primary amides is 1. The Kier molecular flexibility index (Phi) is 5.01. The zero-order chi connectivity index (χ0) is 22.3. The van der Waals surface area contributed by atoms with Crippen molar-refractivity contribution >= 4 is 34.7 Å². The van der Waals surface area contributed by atoms with Crippen molar-refractivity contribution in [2.24, 2.45) is 11.5 Å². The molecule has 154 valence electrons. The lowest BCUT2D eigenvalue weighted by Crippen LogP contribution is -2.41. The minimum Gasteiger partial charge on any atom is -0.384 e. The third-order valence-corrected chi connectivity index (χ3v) is 6.01. The van der Waals surface area contributed by atoms with Crippen LogP contribution in [0, 0.1) is 23.0 Å². The van der Waals surface area contributed by atoms with Crippen molar-refractivity contribution in [1.29, 1.82) is 5.26 Å². The van der Waals surface area contributed by atoms with Gasteiger partial charge in [-0.2, -0.15) is 5.26 Å². The molecule has 0 saturated carbocycles. The van der Waals surface area contributed by atoms with E-state index < -0.39 is 29.0 Å². The lowest BCUT2D eigenvalue weighted by molar-refractivity contribution is -0.113. The molecule has 0 spiro atoms. The Morgan fingerprint density at radius 2 is 1.68 bits per heavy atom. The molecule has 1 atom stereocenters. The second kappa shape index (κ2) is 7.66. The van der Waals surface area contributed by atoms with Gasteiger partial charge in [-0.15, -0.1) is 11.3 Å². The summed E-state index contributed by atoms with van der Waals surface area (Å²) in [6.07, 6.45) is 1.53. The number of fused-ring (bicyclic) bond motifs is 1. The number of hydrogen-bond donors (Lipinski definition) is 2. The molecule has 0 radical (unpaired) electrons. The van der Waals surface area contributed by atoms with Gasteiger partial charge >= 0.3 is 0 Å². The smallest absolute Gasteiger partial charge is 0.274 e. The summed E-state index contributed by atoms with van der Waals surface area (Å²) in [5, 5.41) is 9.75. The summed E-state index contributed by atoms with van der Waals surface area (Å²) in [6.45, 7) is 0. The lowest BCUT2D eigenvalue weighted by Gasteiger charge is -2.24. The molecule has 0 saturated heterocycles. The number of aromatic nitrogens is 1. The molecular weight excluding hydrogens is 422 g/mol. The van der Waals surface area contributed by atoms with Gasteiger partial charge in [-0.3, -0.25) is 14.2 Å². The van der Waals surface area contributed by atoms with E-state index in [0.29, 0.717) is 11.1 Å². The highest BCUT2D eigenvalue weighted by Gasteiger charge is 2.34. The van der Waals surface area contributed by atoms with E-state index in [0.717, 1.165) is 15.9 Å². The molecule has 4 rings (SSSR count). The van der Waals surface area contributed by atoms with Gasteiger partial charge in [-0.25, -0.2) is 8.78 Å². The molecular formula is C22H14F2N4O2S. The number of halogens is 2. The molecule has 0 bridgehead atoms. The Labute approximate surface area is 178 Å². The van der Waals surface area contributed by atoms with Crippen LogP contribution in [0.3, 0.4) is 0 Å². The van der Waals surface area contributed by atoms with Gasteiger partial charge in [0.2, 0.25) is 5.91 Å². The monoisotopic (exact) mass is 436 g/mol. The van der Waals surface area contributed by atoms with Gasteiger partial charge in [-0.1, -0.05) is 24.3 Å². The van der Waals surface area contributed by atoms with E-state index >= 15 is 0 Å². The van der Waals surface area contributed by atoms with Crippen molar-refractivity contribution < 1.29 is 13.6 Å². The molecule has 31 heavy (non-hydrogen) atoms. The number of amides is 1. The van der Waals surface area contributed by atoms with Gasteiger partial charge in [-0.05, 0) is 41.5 Å². The summed E-state index contributed by atoms with van der Waals surface area (Å²) in [4.78, 5) is 25.5. The summed E-state index contributed by atoms with van der Waals surface area (Å²) in [5.41, 5.74) is 12.3. The number of rotatable bonds is 3. The van der Waals surface area contributed by atoms with Gasteiger partial charge in [0.25, 0.3) is 5.56 Å². The first-order chi connectivity index (χ1) is 14.8. The summed E-state index contributed by atoms with van der Waals surface area (Å²) in [6, 6.07) is 12.7. The van der Waals surface area contributed by atoms with Crippen molar-refractivity contribution in [2.75, 3.05) is 0 Å². The van der Waals surface area contributed by atoms with Gasteiger partial charge in [0.05, 0.1) is 27.7 Å². The molecule has 1 aromatic heterocycles. The number of nitrogens with two attached hydrogens (primary N) is 2. The Bertz CT molecular complexity index is 1460. The number of carbonyl (C=O) groups is 1. The highest BCUT2D eigenvalue weighted by atomic mass is 32.1. The first-order valence-electron chi connectivity index (χ1n) is 9.00. The first-order valence-corrected chi connectivity index (χ1v) is 9.82. The summed E-state index contributed by atoms with van der Waals surface area (Å²) >= 11 is 0.981. The average Bonchev–Trinajstić information content (AvgIpc) is 3.06. The molecule has 1 aliphatic heterocycles. The van der Waals surface area contributed by atoms with E-state index in [9.17, 15) is 23.6 Å². The van der Waals surface area contributed by atoms with Gasteiger partial charge in [0, 0.05) is 0 Å². The van der Waals surface area contributed by atoms with Crippen LogP contribution in [0.4, 0.5) is 8.78 Å². The van der Waals surface area contributed by atoms with E-state index in [4.69, 9.17) is 11.5 Å². The Balaban J connectivity index is 2.07. The lowest BCUT2D eigenvalue weighted by atomic mass is 9.83. The number of nitrogens with zero attached hydrogens (tertiary/aromatic N) is 2. The number of thiazole rings is 1. The standard InChI is InChI=1S/C22H14F2N4O2S/c23-13-5-1-11(2-6-13)9-16-21(30)28-19(26)15(10-25)17(12-3-7-14(24)8-4-12)18(20(27)29)22(28)31-16/h1-9,17H,26H2,(H2,27,29)/b16-9+. The maximum atomic E-state index is 13.4. The maximum absolute atomic E-state index is 13.4. The number of allylic oxidation sites excluding steroid dienone is 1. The van der Waals surface area contributed by atoms with Crippen molar-refractivity contribution in [3.63, 3.8) is 0 Å². The average molecular weight is 436 g/mol. The number of carbonyl (C=O) groups excluding carboxylic acids is 1. The first kappa shape index (κ1) is 20.3. The van der Waals surface area contributed by atoms with Gasteiger partial charge < -0.3 is 11.5 Å². The van der Waals surface area contributed by atoms with Crippen LogP contribution in [-0.4, -0.2) is 10.5 Å². The highest BCUT2D eigenvalue weighted by Crippen LogP contribution is 2.35. The van der Waals surface area contributed by atoms with Crippen molar-refractivity contribution in [3.8, 4) is 6.07 Å². The van der Waals surface area contributed by atoms with E-state index in [1.54, 1.807) is 0 Å². The highest BCUT2D eigenvalue weighted by molar-refractivity contribution is 7.07. The van der Waals surface area contributed by atoms with Crippen LogP contribution in [0.5, 0.6) is 0 Å². The molecule has 9 heteroatoms. The quantitative estimate of drug-likeness (QED) is 0.640. The normalized spacial score (nSPS) is 16.2. The van der Waals surface area contributed by atoms with Crippen LogP contribution >= 0.6 is 11.3 Å². The van der Waals surface area contributed by atoms with Crippen LogP contribution in [-0.2, 0) is 4.79 Å². The fourth-order valence-corrected chi connectivity index (χ4v) is 4.67. The molecule has 3 aromatic rings. The Morgan fingerprint density at radius 1 is 1.10 bits per heavy atom. The maximum Gasteiger partial charge on any atom is 0.274 e. The minimum atomic E-state index is -0.945. The van der Waals surface area contributed by atoms with Crippen LogP contribution in [0.1, 0.15) is 17.0 Å². The molecule has 0 fully saturated rings. The number of benzene rings is 2. The Morgan fingerprint density at radius 3 is 2.23 bits per heavy atom. The van der Waals surface area contributed by atoms with E-state index in [1.165, 1.54) is 54.6 Å². The molecule has 2 aromatic carbocycles. The minimum absolute atomic E-state index is 0.0122. The van der Waals surface area contributed by atoms with E-state index in [2.05, 4.69) is 0 Å². The predicted molar refractivity (Wildman–Crippen MR) is 113 cm³/mol. The van der Waals surface area contributed by atoms with E-state index in [-0.39, 0.29) is 26.2 Å². The second-order valence-corrected chi connectivity index (χ2v) is 7.81. The predicted octanol–water partition coefficient (Wildman–Crippen LogP) is 1.10. The zero-order valence-corrected chi connectivity index (χ0v) is 16.6.